The normalized spacial score (nSPS) is 18.2. The highest BCUT2D eigenvalue weighted by Crippen LogP contribution is 2.57. The Morgan fingerprint density at radius 1 is 0.917 bits per heavy atom. The van der Waals surface area contributed by atoms with Crippen molar-refractivity contribution in [1.29, 1.82) is 0 Å². The number of hydrogen-bond donors (Lipinski definition) is 1. The maximum Gasteiger partial charge on any atom is 0.455 e. The Hall–Kier alpha value is -0.350. The molecule has 2 atom stereocenters. The van der Waals surface area contributed by atoms with Gasteiger partial charge in [0.1, 0.15) is 0 Å². The van der Waals surface area contributed by atoms with Crippen LogP contribution in [0.1, 0.15) is 47.0 Å². The van der Waals surface area contributed by atoms with Gasteiger partial charge in [-0.15, -0.1) is 0 Å². The molecule has 12 heteroatoms. The molecule has 0 radical (unpaired) electrons. The molecule has 0 saturated heterocycles. The number of halogens is 6. The van der Waals surface area contributed by atoms with Crippen molar-refractivity contribution in [2.24, 2.45) is 0 Å². The first-order chi connectivity index (χ1) is 10.6. The van der Waals surface area contributed by atoms with Gasteiger partial charge in [-0.1, -0.05) is 20.8 Å². The Kier molecular flexibility index (Phi) is 9.54. The zero-order valence-electron chi connectivity index (χ0n) is 14.2. The van der Waals surface area contributed by atoms with Crippen LogP contribution in [0.4, 0.5) is 26.3 Å². The summed E-state index contributed by atoms with van der Waals surface area (Å²) in [5.41, 5.74) is 1.76. The van der Waals surface area contributed by atoms with E-state index in [1.54, 1.807) is 7.05 Å². The molecule has 0 aromatic carbocycles. The van der Waals surface area contributed by atoms with Crippen LogP contribution in [0.2, 0.25) is 0 Å². The van der Waals surface area contributed by atoms with Crippen molar-refractivity contribution in [2.45, 2.75) is 70.5 Å². The fourth-order valence-electron chi connectivity index (χ4n) is 1.37. The highest BCUT2D eigenvalue weighted by molar-refractivity contribution is 7.46. The molecule has 0 aliphatic heterocycles. The van der Waals surface area contributed by atoms with E-state index < -0.39 is 37.8 Å². The summed E-state index contributed by atoms with van der Waals surface area (Å²) >= 11 is 0. The van der Waals surface area contributed by atoms with Gasteiger partial charge in [0.2, 0.25) is 0 Å². The van der Waals surface area contributed by atoms with Crippen LogP contribution in [-0.2, 0) is 13.6 Å². The van der Waals surface area contributed by atoms with Gasteiger partial charge in [-0.05, 0) is 19.8 Å². The summed E-state index contributed by atoms with van der Waals surface area (Å²) in [6.45, 7) is 4.68. The standard InChI is InChI=1S/C11H19F6O4P.CH5N/c1-5-8(4,6-2)20-22(18,19)21-10(14,11(15,16)17)9(12,13)7-3;1-2/h5-7H2,1-4H3,(H,18,19);2H2,1H3. The third kappa shape index (κ3) is 6.18. The summed E-state index contributed by atoms with van der Waals surface area (Å²) in [4.78, 5) is 11.5. The molecule has 148 valence electrons. The smallest absolute Gasteiger partial charge is 0.455 e. The zero-order valence-corrected chi connectivity index (χ0v) is 15.1. The largest absolute Gasteiger partial charge is 0.756 e. The number of rotatable bonds is 8. The summed E-state index contributed by atoms with van der Waals surface area (Å²) in [6, 6.07) is 0. The van der Waals surface area contributed by atoms with Crippen molar-refractivity contribution in [1.82, 2.24) is 0 Å². The lowest BCUT2D eigenvalue weighted by molar-refractivity contribution is -0.391. The quantitative estimate of drug-likeness (QED) is 0.509. The van der Waals surface area contributed by atoms with Gasteiger partial charge in [-0.2, -0.15) is 26.3 Å². The van der Waals surface area contributed by atoms with Gasteiger partial charge < -0.3 is 15.2 Å². The van der Waals surface area contributed by atoms with E-state index in [9.17, 15) is 35.8 Å². The predicted molar refractivity (Wildman–Crippen MR) is 72.7 cm³/mol. The summed E-state index contributed by atoms with van der Waals surface area (Å²) in [5.74, 6) is -10.8. The second-order valence-electron chi connectivity index (χ2n) is 4.94. The van der Waals surface area contributed by atoms with Crippen molar-refractivity contribution in [3.63, 3.8) is 0 Å². The Morgan fingerprint density at radius 2 is 1.29 bits per heavy atom. The van der Waals surface area contributed by atoms with E-state index in [0.717, 1.165) is 0 Å². The lowest BCUT2D eigenvalue weighted by Crippen LogP contribution is -2.57. The number of phosphoric ester groups is 1. The van der Waals surface area contributed by atoms with Crippen molar-refractivity contribution in [3.05, 3.63) is 0 Å². The third-order valence-corrected chi connectivity index (χ3v) is 4.48. The lowest BCUT2D eigenvalue weighted by Gasteiger charge is -2.41. The summed E-state index contributed by atoms with van der Waals surface area (Å²) < 4.78 is 97.3. The van der Waals surface area contributed by atoms with E-state index >= 15 is 0 Å². The monoisotopic (exact) mass is 391 g/mol. The molecule has 0 rings (SSSR count). The molecule has 0 amide bonds. The van der Waals surface area contributed by atoms with E-state index in [2.05, 4.69) is 14.8 Å². The lowest BCUT2D eigenvalue weighted by atomic mass is 10.0. The van der Waals surface area contributed by atoms with Crippen molar-refractivity contribution in [2.75, 3.05) is 7.05 Å². The second-order valence-corrected chi connectivity index (χ2v) is 6.20. The Labute approximate surface area is 137 Å². The molecule has 3 N–H and O–H groups in total. The first-order valence-corrected chi connectivity index (χ1v) is 8.62. The molecule has 0 aromatic heterocycles. The predicted octanol–water partition coefficient (Wildman–Crippen LogP) is 3.20. The molecular formula is C12H24F6NO4P. The van der Waals surface area contributed by atoms with Gasteiger partial charge in [0.25, 0.3) is 7.82 Å². The van der Waals surface area contributed by atoms with Crippen molar-refractivity contribution in [3.8, 4) is 0 Å². The van der Waals surface area contributed by atoms with Crippen LogP contribution in [-0.4, -0.2) is 30.6 Å². The second kappa shape index (κ2) is 8.84. The van der Waals surface area contributed by atoms with E-state index in [4.69, 9.17) is 0 Å². The van der Waals surface area contributed by atoms with Gasteiger partial charge in [-0.25, -0.2) is 0 Å². The molecule has 0 aliphatic carbocycles. The van der Waals surface area contributed by atoms with Crippen LogP contribution in [0.15, 0.2) is 0 Å². The van der Waals surface area contributed by atoms with Crippen LogP contribution in [0.5, 0.6) is 0 Å². The SMILES string of the molecule is CCC(C)(CC)OP(=O)([O-])OC(F)(C(F)(F)F)C(F)(F)CC.C[NH3+]. The zero-order chi connectivity index (χ0) is 20.0. The first-order valence-electron chi connectivity index (χ1n) is 7.16. The molecule has 0 heterocycles. The summed E-state index contributed by atoms with van der Waals surface area (Å²) in [6.07, 6.45) is -7.85. The number of phosphoric acid groups is 1. The molecule has 0 fully saturated rings. The molecule has 0 bridgehead atoms. The molecule has 0 aliphatic rings. The van der Waals surface area contributed by atoms with E-state index in [1.807, 2.05) is 0 Å². The minimum atomic E-state index is -6.27. The van der Waals surface area contributed by atoms with Crippen LogP contribution in [0.25, 0.3) is 0 Å². The van der Waals surface area contributed by atoms with Crippen LogP contribution in [0.3, 0.4) is 0 Å². The summed E-state index contributed by atoms with van der Waals surface area (Å²) in [5, 5.41) is 0. The van der Waals surface area contributed by atoms with Gasteiger partial charge in [0, 0.05) is 6.42 Å². The number of quaternary nitrogens is 1. The van der Waals surface area contributed by atoms with E-state index in [1.165, 1.54) is 20.8 Å². The molecule has 2 unspecified atom stereocenters. The molecule has 0 aromatic rings. The maximum absolute atomic E-state index is 13.8. The average molecular weight is 391 g/mol. The van der Waals surface area contributed by atoms with Crippen LogP contribution >= 0.6 is 7.82 Å². The Bertz CT molecular complexity index is 430. The number of hydrogen-bond acceptors (Lipinski definition) is 4. The first kappa shape index (κ1) is 25.9. The minimum absolute atomic E-state index is 0.0224. The van der Waals surface area contributed by atoms with E-state index in [0.29, 0.717) is 6.92 Å². The van der Waals surface area contributed by atoms with Crippen molar-refractivity contribution < 1.29 is 50.6 Å². The van der Waals surface area contributed by atoms with Crippen LogP contribution in [0, 0.1) is 0 Å². The van der Waals surface area contributed by atoms with E-state index in [-0.39, 0.29) is 12.8 Å². The van der Waals surface area contributed by atoms with Gasteiger partial charge >= 0.3 is 18.0 Å². The highest BCUT2D eigenvalue weighted by Gasteiger charge is 2.73. The van der Waals surface area contributed by atoms with Crippen molar-refractivity contribution >= 4 is 7.82 Å². The molecule has 0 saturated carbocycles. The van der Waals surface area contributed by atoms with Crippen LogP contribution < -0.4 is 10.6 Å². The molecule has 5 nitrogen and oxygen atoms in total. The number of alkyl halides is 6. The third-order valence-electron chi connectivity index (χ3n) is 3.34. The fraction of sp³-hybridized carbons (Fsp3) is 1.00. The topological polar surface area (TPSA) is 86.2 Å². The fourth-order valence-corrected chi connectivity index (χ4v) is 2.76. The Morgan fingerprint density at radius 3 is 1.54 bits per heavy atom. The Balaban J connectivity index is 0. The summed E-state index contributed by atoms with van der Waals surface area (Å²) in [7, 11) is -4.25. The molecule has 24 heavy (non-hydrogen) atoms. The van der Waals surface area contributed by atoms with Gasteiger partial charge in [-0.3, -0.25) is 9.09 Å². The van der Waals surface area contributed by atoms with Gasteiger partial charge in [0.15, 0.2) is 0 Å². The highest BCUT2D eigenvalue weighted by atomic mass is 31.2. The molecule has 0 spiro atoms. The maximum atomic E-state index is 13.8. The average Bonchev–Trinajstić information content (AvgIpc) is 2.46. The molecular weight excluding hydrogens is 367 g/mol. The van der Waals surface area contributed by atoms with Gasteiger partial charge in [0.05, 0.1) is 12.6 Å². The minimum Gasteiger partial charge on any atom is -0.756 e.